The third kappa shape index (κ3) is 3.50. The Balaban J connectivity index is 2.02. The molecular weight excluding hydrogens is 277 g/mol. The molecule has 0 aliphatic rings. The number of benzene rings is 2. The Morgan fingerprint density at radius 1 is 1.20 bits per heavy atom. The first-order chi connectivity index (χ1) is 9.61. The highest BCUT2D eigenvalue weighted by molar-refractivity contribution is 6.31. The van der Waals surface area contributed by atoms with Gasteiger partial charge in [0.05, 0.1) is 5.02 Å². The molecule has 2 aromatic rings. The van der Waals surface area contributed by atoms with Gasteiger partial charge in [0.2, 0.25) is 0 Å². The zero-order chi connectivity index (χ0) is 14.5. The lowest BCUT2D eigenvalue weighted by Crippen LogP contribution is -2.08. The molecule has 0 heterocycles. The molecule has 0 aromatic heterocycles. The van der Waals surface area contributed by atoms with Crippen LogP contribution in [-0.2, 0) is 6.61 Å². The highest BCUT2D eigenvalue weighted by Crippen LogP contribution is 2.23. The molecule has 0 amide bonds. The predicted octanol–water partition coefficient (Wildman–Crippen LogP) is 4.47. The molecule has 2 aromatic carbocycles. The van der Waals surface area contributed by atoms with Crippen LogP contribution in [0.3, 0.4) is 0 Å². The van der Waals surface area contributed by atoms with Gasteiger partial charge in [0.25, 0.3) is 0 Å². The van der Waals surface area contributed by atoms with Crippen LogP contribution in [0.2, 0.25) is 5.02 Å². The third-order valence-corrected chi connectivity index (χ3v) is 3.60. The van der Waals surface area contributed by atoms with E-state index in [9.17, 15) is 4.39 Å². The Morgan fingerprint density at radius 3 is 2.55 bits per heavy atom. The van der Waals surface area contributed by atoms with Gasteiger partial charge in [-0.2, -0.15) is 0 Å². The second-order valence-electron chi connectivity index (χ2n) is 4.59. The lowest BCUT2D eigenvalue weighted by Gasteiger charge is -2.11. The van der Waals surface area contributed by atoms with Gasteiger partial charge in [-0.05, 0) is 30.2 Å². The van der Waals surface area contributed by atoms with E-state index in [0.717, 1.165) is 12.0 Å². The first kappa shape index (κ1) is 14.8. The smallest absolute Gasteiger partial charge is 0.142 e. The van der Waals surface area contributed by atoms with Crippen molar-refractivity contribution in [1.29, 1.82) is 0 Å². The molecule has 0 spiro atoms. The first-order valence-corrected chi connectivity index (χ1v) is 6.91. The van der Waals surface area contributed by atoms with Crippen molar-refractivity contribution in [2.45, 2.75) is 26.0 Å². The molecule has 4 heteroatoms. The molecule has 0 fully saturated rings. The van der Waals surface area contributed by atoms with Crippen LogP contribution in [0.25, 0.3) is 0 Å². The van der Waals surface area contributed by atoms with E-state index in [1.54, 1.807) is 12.1 Å². The molecular formula is C16H17ClFNO. The van der Waals surface area contributed by atoms with Gasteiger partial charge in [-0.15, -0.1) is 0 Å². The minimum atomic E-state index is -0.433. The highest BCUT2D eigenvalue weighted by Gasteiger charge is 2.07. The molecule has 2 N–H and O–H groups in total. The number of rotatable bonds is 5. The number of nitrogens with two attached hydrogens (primary N) is 1. The standard InChI is InChI=1S/C16H17ClFNO/c1-2-15(19)11-6-8-13(9-7-11)20-10-12-4-3-5-14(18)16(12)17/h3-9,15H,2,10,19H2,1H3. The van der Waals surface area contributed by atoms with Crippen molar-refractivity contribution < 1.29 is 9.13 Å². The summed E-state index contributed by atoms with van der Waals surface area (Å²) in [7, 11) is 0. The van der Waals surface area contributed by atoms with E-state index in [4.69, 9.17) is 22.1 Å². The van der Waals surface area contributed by atoms with Crippen LogP contribution in [-0.4, -0.2) is 0 Å². The number of hydrogen-bond donors (Lipinski definition) is 1. The van der Waals surface area contributed by atoms with Gasteiger partial charge in [-0.3, -0.25) is 0 Å². The van der Waals surface area contributed by atoms with Gasteiger partial charge in [0.15, 0.2) is 0 Å². The normalized spacial score (nSPS) is 12.2. The molecule has 0 bridgehead atoms. The van der Waals surface area contributed by atoms with Crippen molar-refractivity contribution in [1.82, 2.24) is 0 Å². The maximum Gasteiger partial charge on any atom is 0.142 e. The molecule has 0 radical (unpaired) electrons. The summed E-state index contributed by atoms with van der Waals surface area (Å²) in [6, 6.07) is 12.3. The van der Waals surface area contributed by atoms with E-state index < -0.39 is 5.82 Å². The quantitative estimate of drug-likeness (QED) is 0.883. The molecule has 2 nitrogen and oxygen atoms in total. The van der Waals surface area contributed by atoms with Gasteiger partial charge in [0, 0.05) is 11.6 Å². The first-order valence-electron chi connectivity index (χ1n) is 6.53. The van der Waals surface area contributed by atoms with Crippen LogP contribution >= 0.6 is 11.6 Å². The maximum atomic E-state index is 13.3. The second-order valence-corrected chi connectivity index (χ2v) is 4.96. The average Bonchev–Trinajstić information content (AvgIpc) is 2.48. The molecule has 0 saturated heterocycles. The molecule has 1 atom stereocenters. The lowest BCUT2D eigenvalue weighted by molar-refractivity contribution is 0.305. The van der Waals surface area contributed by atoms with Gasteiger partial charge in [-0.25, -0.2) is 4.39 Å². The number of hydrogen-bond acceptors (Lipinski definition) is 2. The van der Waals surface area contributed by atoms with E-state index in [1.807, 2.05) is 31.2 Å². The van der Waals surface area contributed by atoms with E-state index >= 15 is 0 Å². The summed E-state index contributed by atoms with van der Waals surface area (Å²) >= 11 is 5.87. The SMILES string of the molecule is CCC(N)c1ccc(OCc2cccc(F)c2Cl)cc1. The maximum absolute atomic E-state index is 13.3. The summed E-state index contributed by atoms with van der Waals surface area (Å²) in [4.78, 5) is 0. The molecule has 0 aliphatic heterocycles. The second kappa shape index (κ2) is 6.73. The van der Waals surface area contributed by atoms with Gasteiger partial charge in [0.1, 0.15) is 18.2 Å². The van der Waals surface area contributed by atoms with Gasteiger partial charge in [-0.1, -0.05) is 42.8 Å². The van der Waals surface area contributed by atoms with E-state index in [-0.39, 0.29) is 17.7 Å². The van der Waals surface area contributed by atoms with Crippen molar-refractivity contribution in [2.24, 2.45) is 5.73 Å². The Morgan fingerprint density at radius 2 is 1.90 bits per heavy atom. The van der Waals surface area contributed by atoms with E-state index in [0.29, 0.717) is 11.3 Å². The molecule has 1 unspecified atom stereocenters. The van der Waals surface area contributed by atoms with Crippen LogP contribution in [0.1, 0.15) is 30.5 Å². The van der Waals surface area contributed by atoms with Crippen LogP contribution in [0.15, 0.2) is 42.5 Å². The average molecular weight is 294 g/mol. The monoisotopic (exact) mass is 293 g/mol. The number of ether oxygens (including phenoxy) is 1. The molecule has 0 saturated carbocycles. The number of halogens is 2. The van der Waals surface area contributed by atoms with Crippen molar-refractivity contribution in [3.63, 3.8) is 0 Å². The Labute approximate surface area is 123 Å². The minimum Gasteiger partial charge on any atom is -0.489 e. The van der Waals surface area contributed by atoms with Crippen molar-refractivity contribution in [3.05, 3.63) is 64.4 Å². The van der Waals surface area contributed by atoms with Crippen LogP contribution in [0.4, 0.5) is 4.39 Å². The van der Waals surface area contributed by atoms with Crippen LogP contribution in [0, 0.1) is 5.82 Å². The third-order valence-electron chi connectivity index (χ3n) is 3.17. The summed E-state index contributed by atoms with van der Waals surface area (Å²) in [5.41, 5.74) is 7.64. The van der Waals surface area contributed by atoms with Crippen molar-refractivity contribution in [3.8, 4) is 5.75 Å². The predicted molar refractivity (Wildman–Crippen MR) is 79.4 cm³/mol. The topological polar surface area (TPSA) is 35.2 Å². The summed E-state index contributed by atoms with van der Waals surface area (Å²) in [5.74, 6) is 0.273. The fourth-order valence-electron chi connectivity index (χ4n) is 1.87. The zero-order valence-corrected chi connectivity index (χ0v) is 12.0. The summed E-state index contributed by atoms with van der Waals surface area (Å²) in [6.45, 7) is 2.27. The van der Waals surface area contributed by atoms with Gasteiger partial charge < -0.3 is 10.5 Å². The highest BCUT2D eigenvalue weighted by atomic mass is 35.5. The Kier molecular flexibility index (Phi) is 4.99. The van der Waals surface area contributed by atoms with Crippen LogP contribution in [0.5, 0.6) is 5.75 Å². The molecule has 20 heavy (non-hydrogen) atoms. The summed E-state index contributed by atoms with van der Waals surface area (Å²) in [6.07, 6.45) is 0.888. The Hall–Kier alpha value is -1.58. The van der Waals surface area contributed by atoms with Crippen molar-refractivity contribution in [2.75, 3.05) is 0 Å². The summed E-state index contributed by atoms with van der Waals surface area (Å²) < 4.78 is 18.9. The lowest BCUT2D eigenvalue weighted by atomic mass is 10.1. The van der Waals surface area contributed by atoms with Gasteiger partial charge >= 0.3 is 0 Å². The summed E-state index contributed by atoms with van der Waals surface area (Å²) in [5, 5.41) is 0.108. The minimum absolute atomic E-state index is 0.0433. The van der Waals surface area contributed by atoms with E-state index in [2.05, 4.69) is 0 Å². The molecule has 0 aliphatic carbocycles. The molecule has 106 valence electrons. The fraction of sp³-hybridized carbons (Fsp3) is 0.250. The largest absolute Gasteiger partial charge is 0.489 e. The zero-order valence-electron chi connectivity index (χ0n) is 11.3. The Bertz CT molecular complexity index is 571. The fourth-order valence-corrected chi connectivity index (χ4v) is 2.05. The molecule has 2 rings (SSSR count). The van der Waals surface area contributed by atoms with Crippen LogP contribution < -0.4 is 10.5 Å². The van der Waals surface area contributed by atoms with Crippen molar-refractivity contribution >= 4 is 11.6 Å². The van der Waals surface area contributed by atoms with E-state index in [1.165, 1.54) is 6.07 Å².